The Morgan fingerprint density at radius 3 is 2.32 bits per heavy atom. The van der Waals surface area contributed by atoms with Crippen LogP contribution in [0, 0.1) is 23.7 Å². The zero-order valence-electron chi connectivity index (χ0n) is 11.0. The minimum Gasteiger partial charge on any atom is -0.465 e. The number of halogens is 1. The Morgan fingerprint density at radius 2 is 1.68 bits per heavy atom. The van der Waals surface area contributed by atoms with Crippen molar-refractivity contribution in [2.75, 3.05) is 0 Å². The SMILES string of the molecule is Clc1cccc(OC=C2C3CC4CC(C3)CC2C4)c1. The third-order valence-electron chi connectivity index (χ3n) is 5.21. The van der Waals surface area contributed by atoms with Crippen molar-refractivity contribution in [3.63, 3.8) is 0 Å². The van der Waals surface area contributed by atoms with Crippen LogP contribution in [0.5, 0.6) is 5.75 Å². The number of allylic oxidation sites excluding steroid dienone is 1. The van der Waals surface area contributed by atoms with Gasteiger partial charge in [0.2, 0.25) is 0 Å². The Balaban J connectivity index is 1.54. The molecule has 5 rings (SSSR count). The molecular formula is C17H19ClO. The van der Waals surface area contributed by atoms with E-state index in [2.05, 4.69) is 0 Å². The average Bonchev–Trinajstić information content (AvgIpc) is 2.37. The highest BCUT2D eigenvalue weighted by atomic mass is 35.5. The first kappa shape index (κ1) is 11.8. The predicted molar refractivity (Wildman–Crippen MR) is 77.2 cm³/mol. The molecule has 0 N–H and O–H groups in total. The second-order valence-corrected chi connectivity index (χ2v) is 6.93. The van der Waals surface area contributed by atoms with Crippen molar-refractivity contribution in [2.24, 2.45) is 23.7 Å². The third kappa shape index (κ3) is 2.18. The van der Waals surface area contributed by atoms with Crippen molar-refractivity contribution in [1.29, 1.82) is 0 Å². The summed E-state index contributed by atoms with van der Waals surface area (Å²) in [6.07, 6.45) is 9.14. The normalized spacial score (nSPS) is 35.5. The van der Waals surface area contributed by atoms with Crippen molar-refractivity contribution in [3.05, 3.63) is 41.1 Å². The topological polar surface area (TPSA) is 9.23 Å². The van der Waals surface area contributed by atoms with Gasteiger partial charge >= 0.3 is 0 Å². The highest BCUT2D eigenvalue weighted by Gasteiger charge is 2.45. The molecule has 0 unspecified atom stereocenters. The molecular weight excluding hydrogens is 256 g/mol. The number of rotatable bonds is 2. The van der Waals surface area contributed by atoms with Gasteiger partial charge in [-0.3, -0.25) is 0 Å². The zero-order chi connectivity index (χ0) is 12.8. The lowest BCUT2D eigenvalue weighted by atomic mass is 9.54. The van der Waals surface area contributed by atoms with E-state index < -0.39 is 0 Å². The molecule has 2 heteroatoms. The van der Waals surface area contributed by atoms with Gasteiger partial charge in [-0.2, -0.15) is 0 Å². The van der Waals surface area contributed by atoms with E-state index in [4.69, 9.17) is 16.3 Å². The zero-order valence-corrected chi connectivity index (χ0v) is 11.8. The summed E-state index contributed by atoms with van der Waals surface area (Å²) >= 11 is 5.99. The molecule has 100 valence electrons. The van der Waals surface area contributed by atoms with Gasteiger partial charge in [-0.25, -0.2) is 0 Å². The molecule has 0 amide bonds. The molecule has 0 aromatic heterocycles. The molecule has 1 nitrogen and oxygen atoms in total. The fourth-order valence-corrected chi connectivity index (χ4v) is 4.78. The summed E-state index contributed by atoms with van der Waals surface area (Å²) < 4.78 is 5.87. The second kappa shape index (κ2) is 4.56. The van der Waals surface area contributed by atoms with Crippen LogP contribution in [0.1, 0.15) is 32.1 Å². The summed E-state index contributed by atoms with van der Waals surface area (Å²) in [5.41, 5.74) is 1.58. The second-order valence-electron chi connectivity index (χ2n) is 6.50. The van der Waals surface area contributed by atoms with Gasteiger partial charge in [0.05, 0.1) is 6.26 Å². The van der Waals surface area contributed by atoms with Crippen LogP contribution in [0.3, 0.4) is 0 Å². The van der Waals surface area contributed by atoms with Crippen LogP contribution in [0.4, 0.5) is 0 Å². The van der Waals surface area contributed by atoms with Gasteiger partial charge in [0.25, 0.3) is 0 Å². The molecule has 4 aliphatic carbocycles. The van der Waals surface area contributed by atoms with Gasteiger partial charge in [0.15, 0.2) is 0 Å². The van der Waals surface area contributed by atoms with E-state index in [1.54, 1.807) is 5.57 Å². The average molecular weight is 275 g/mol. The fourth-order valence-electron chi connectivity index (χ4n) is 4.60. The summed E-state index contributed by atoms with van der Waals surface area (Å²) in [7, 11) is 0. The van der Waals surface area contributed by atoms with Crippen LogP contribution in [-0.2, 0) is 0 Å². The van der Waals surface area contributed by atoms with Crippen LogP contribution in [0.15, 0.2) is 36.1 Å². The van der Waals surface area contributed by atoms with E-state index in [1.807, 2.05) is 30.5 Å². The van der Waals surface area contributed by atoms with Crippen molar-refractivity contribution >= 4 is 11.6 Å². The summed E-state index contributed by atoms with van der Waals surface area (Å²) in [5.74, 6) is 4.47. The van der Waals surface area contributed by atoms with E-state index in [0.29, 0.717) is 0 Å². The number of hydrogen-bond donors (Lipinski definition) is 0. The molecule has 0 spiro atoms. The van der Waals surface area contributed by atoms with E-state index in [0.717, 1.165) is 34.4 Å². The van der Waals surface area contributed by atoms with E-state index in [9.17, 15) is 0 Å². The van der Waals surface area contributed by atoms with Gasteiger partial charge in [-0.15, -0.1) is 0 Å². The lowest BCUT2D eigenvalue weighted by Gasteiger charge is -2.51. The summed E-state index contributed by atoms with van der Waals surface area (Å²) in [4.78, 5) is 0. The van der Waals surface area contributed by atoms with Gasteiger partial charge in [0.1, 0.15) is 5.75 Å². The van der Waals surface area contributed by atoms with E-state index >= 15 is 0 Å². The molecule has 0 aliphatic heterocycles. The molecule has 4 saturated carbocycles. The molecule has 4 fully saturated rings. The minimum absolute atomic E-state index is 0.737. The number of benzene rings is 1. The Bertz CT molecular complexity index is 490. The smallest absolute Gasteiger partial charge is 0.127 e. The lowest BCUT2D eigenvalue weighted by molar-refractivity contribution is 0.0669. The van der Waals surface area contributed by atoms with Crippen molar-refractivity contribution in [2.45, 2.75) is 32.1 Å². The quantitative estimate of drug-likeness (QED) is 0.685. The fraction of sp³-hybridized carbons (Fsp3) is 0.529. The molecule has 0 heterocycles. The van der Waals surface area contributed by atoms with Crippen molar-refractivity contribution in [1.82, 2.24) is 0 Å². The highest BCUT2D eigenvalue weighted by Crippen LogP contribution is 2.56. The van der Waals surface area contributed by atoms with Crippen LogP contribution >= 0.6 is 11.6 Å². The summed E-state index contributed by atoms with van der Waals surface area (Å²) in [5, 5.41) is 0.737. The molecule has 0 saturated heterocycles. The lowest BCUT2D eigenvalue weighted by Crippen LogP contribution is -2.40. The van der Waals surface area contributed by atoms with Gasteiger partial charge in [-0.1, -0.05) is 17.7 Å². The number of ether oxygens (including phenoxy) is 1. The predicted octanol–water partition coefficient (Wildman–Crippen LogP) is 5.06. The van der Waals surface area contributed by atoms with E-state index in [-0.39, 0.29) is 0 Å². The summed E-state index contributed by atoms with van der Waals surface area (Å²) in [6.45, 7) is 0. The number of hydrogen-bond acceptors (Lipinski definition) is 1. The molecule has 4 bridgehead atoms. The Labute approximate surface area is 119 Å². The third-order valence-corrected chi connectivity index (χ3v) is 5.44. The first-order valence-electron chi connectivity index (χ1n) is 7.40. The minimum atomic E-state index is 0.737. The monoisotopic (exact) mass is 274 g/mol. The molecule has 4 aliphatic rings. The van der Waals surface area contributed by atoms with Crippen molar-refractivity contribution < 1.29 is 4.74 Å². The van der Waals surface area contributed by atoms with Crippen LogP contribution in [0.2, 0.25) is 5.02 Å². The molecule has 19 heavy (non-hydrogen) atoms. The molecule has 0 radical (unpaired) electrons. The van der Waals surface area contributed by atoms with Crippen LogP contribution in [-0.4, -0.2) is 0 Å². The van der Waals surface area contributed by atoms with Crippen LogP contribution in [0.25, 0.3) is 0 Å². The maximum Gasteiger partial charge on any atom is 0.127 e. The van der Waals surface area contributed by atoms with Gasteiger partial charge in [-0.05, 0) is 79.5 Å². The first-order chi connectivity index (χ1) is 9.28. The Hall–Kier alpha value is -0.950. The van der Waals surface area contributed by atoms with Gasteiger partial charge < -0.3 is 4.74 Å². The maximum absolute atomic E-state index is 5.99. The largest absolute Gasteiger partial charge is 0.465 e. The van der Waals surface area contributed by atoms with Crippen LogP contribution < -0.4 is 4.74 Å². The first-order valence-corrected chi connectivity index (χ1v) is 7.78. The molecule has 1 aromatic rings. The maximum atomic E-state index is 5.99. The summed E-state index contributed by atoms with van der Waals surface area (Å²) in [6, 6.07) is 7.67. The highest BCUT2D eigenvalue weighted by molar-refractivity contribution is 6.30. The molecule has 1 aromatic carbocycles. The van der Waals surface area contributed by atoms with E-state index in [1.165, 1.54) is 32.1 Å². The molecule has 0 atom stereocenters. The van der Waals surface area contributed by atoms with Crippen molar-refractivity contribution in [3.8, 4) is 5.75 Å². The van der Waals surface area contributed by atoms with Gasteiger partial charge in [0, 0.05) is 5.02 Å². The Kier molecular flexibility index (Phi) is 2.84. The standard InChI is InChI=1S/C17H19ClO/c18-15-2-1-3-16(9-15)19-10-17-13-5-11-4-12(7-13)8-14(17)6-11/h1-3,9-14H,4-8H2. The Morgan fingerprint density at radius 1 is 1.00 bits per heavy atom.